The Labute approximate surface area is 196 Å². The van der Waals surface area contributed by atoms with Gasteiger partial charge in [0, 0.05) is 19.3 Å². The molecule has 0 heterocycles. The van der Waals surface area contributed by atoms with Gasteiger partial charge in [0.05, 0.1) is 0 Å². The molecule has 4 fully saturated rings. The number of rotatable bonds is 6. The van der Waals surface area contributed by atoms with E-state index in [2.05, 4.69) is 20.8 Å². The Bertz CT molecular complexity index is 713. The highest BCUT2D eigenvalue weighted by atomic mass is 16.5. The monoisotopic (exact) mass is 444 g/mol. The van der Waals surface area contributed by atoms with Crippen LogP contribution >= 0.6 is 0 Å². The Morgan fingerprint density at radius 1 is 0.906 bits per heavy atom. The van der Waals surface area contributed by atoms with Crippen molar-refractivity contribution in [2.24, 2.45) is 52.3 Å². The number of carbonyl (C=O) groups excluding carboxylic acids is 2. The Balaban J connectivity index is 1.44. The van der Waals surface area contributed by atoms with Crippen molar-refractivity contribution in [2.75, 3.05) is 0 Å². The zero-order valence-electron chi connectivity index (χ0n) is 21.6. The average molecular weight is 445 g/mol. The SMILES string of the molecule is CC(=O)OC1CC[C@@]2(C)C(CC[C@H]3[C@@H]4CC[C@H]([C@H](C)CCC(=O)C(C)C)[C@@]4(C)CC[C@@H]32)C1. The zero-order valence-corrected chi connectivity index (χ0v) is 21.6. The highest BCUT2D eigenvalue weighted by molar-refractivity contribution is 5.80. The topological polar surface area (TPSA) is 43.4 Å². The maximum Gasteiger partial charge on any atom is 0.302 e. The molecule has 2 unspecified atom stereocenters. The first-order chi connectivity index (χ1) is 15.1. The van der Waals surface area contributed by atoms with Crippen molar-refractivity contribution in [3.8, 4) is 0 Å². The maximum absolute atomic E-state index is 12.2. The van der Waals surface area contributed by atoms with E-state index in [-0.39, 0.29) is 18.0 Å². The number of ether oxygens (including phenoxy) is 1. The fourth-order valence-corrected chi connectivity index (χ4v) is 9.40. The van der Waals surface area contributed by atoms with Gasteiger partial charge in [0.25, 0.3) is 0 Å². The standard InChI is InChI=1S/C29H48O3/c1-18(2)27(31)12-7-19(3)24-10-11-25-23-9-8-21-17-22(32-20(4)30)13-15-28(21,5)26(23)14-16-29(24,25)6/h18-19,21-26H,7-17H2,1-6H3/t19-,21?,22?,23+,24-,25+,26+,28+,29-/m1/s1. The zero-order chi connectivity index (χ0) is 23.3. The molecule has 4 aliphatic carbocycles. The summed E-state index contributed by atoms with van der Waals surface area (Å²) in [7, 11) is 0. The number of fused-ring (bicyclic) bond motifs is 5. The van der Waals surface area contributed by atoms with Crippen LogP contribution in [0.15, 0.2) is 0 Å². The second kappa shape index (κ2) is 9.06. The number of Topliss-reactive ketones (excluding diaryl/α,β-unsaturated/α-hetero) is 1. The van der Waals surface area contributed by atoms with Gasteiger partial charge in [0.1, 0.15) is 11.9 Å². The smallest absolute Gasteiger partial charge is 0.302 e. The van der Waals surface area contributed by atoms with Gasteiger partial charge in [-0.15, -0.1) is 0 Å². The molecule has 0 bridgehead atoms. The summed E-state index contributed by atoms with van der Waals surface area (Å²) in [5.74, 6) is 5.30. The second-order valence-corrected chi connectivity index (χ2v) is 13.0. The lowest BCUT2D eigenvalue weighted by atomic mass is 9.44. The van der Waals surface area contributed by atoms with Gasteiger partial charge in [-0.3, -0.25) is 9.59 Å². The third-order valence-electron chi connectivity index (χ3n) is 11.2. The molecule has 182 valence electrons. The Kier molecular flexibility index (Phi) is 6.87. The van der Waals surface area contributed by atoms with Crippen molar-refractivity contribution in [1.29, 1.82) is 0 Å². The number of carbonyl (C=O) groups is 2. The molecule has 9 atom stereocenters. The summed E-state index contributed by atoms with van der Waals surface area (Å²) in [6.45, 7) is 13.3. The van der Waals surface area contributed by atoms with E-state index in [4.69, 9.17) is 4.74 Å². The highest BCUT2D eigenvalue weighted by Crippen LogP contribution is 2.68. The number of esters is 1. The minimum Gasteiger partial charge on any atom is -0.463 e. The van der Waals surface area contributed by atoms with E-state index in [1.54, 1.807) is 6.92 Å². The first-order valence-corrected chi connectivity index (χ1v) is 13.8. The molecular weight excluding hydrogens is 396 g/mol. The van der Waals surface area contributed by atoms with Gasteiger partial charge in [-0.05, 0) is 111 Å². The summed E-state index contributed by atoms with van der Waals surface area (Å²) in [5, 5.41) is 0. The lowest BCUT2D eigenvalue weighted by Crippen LogP contribution is -2.54. The molecule has 3 heteroatoms. The van der Waals surface area contributed by atoms with E-state index in [1.165, 1.54) is 44.9 Å². The molecule has 0 spiro atoms. The second-order valence-electron chi connectivity index (χ2n) is 13.0. The molecule has 4 aliphatic rings. The molecule has 0 radical (unpaired) electrons. The third-order valence-corrected chi connectivity index (χ3v) is 11.2. The summed E-state index contributed by atoms with van der Waals surface area (Å²) in [4.78, 5) is 23.7. The van der Waals surface area contributed by atoms with Crippen LogP contribution in [-0.4, -0.2) is 17.9 Å². The molecule has 32 heavy (non-hydrogen) atoms. The maximum atomic E-state index is 12.2. The normalized spacial score (nSPS) is 44.3. The molecular formula is C29H48O3. The van der Waals surface area contributed by atoms with Crippen molar-refractivity contribution in [3.63, 3.8) is 0 Å². The third kappa shape index (κ3) is 4.20. The van der Waals surface area contributed by atoms with E-state index >= 15 is 0 Å². The number of hydrogen-bond donors (Lipinski definition) is 0. The van der Waals surface area contributed by atoms with Crippen LogP contribution in [0, 0.1) is 52.3 Å². The molecule has 0 N–H and O–H groups in total. The van der Waals surface area contributed by atoms with Crippen LogP contribution in [0.25, 0.3) is 0 Å². The van der Waals surface area contributed by atoms with Gasteiger partial charge in [-0.25, -0.2) is 0 Å². The summed E-state index contributed by atoms with van der Waals surface area (Å²) in [6, 6.07) is 0. The van der Waals surface area contributed by atoms with Gasteiger partial charge >= 0.3 is 5.97 Å². The average Bonchev–Trinajstić information content (AvgIpc) is 3.08. The van der Waals surface area contributed by atoms with Gasteiger partial charge in [-0.1, -0.05) is 34.6 Å². The van der Waals surface area contributed by atoms with Gasteiger partial charge in [0.15, 0.2) is 0 Å². The molecule has 0 amide bonds. The summed E-state index contributed by atoms with van der Waals surface area (Å²) in [5.41, 5.74) is 0.911. The van der Waals surface area contributed by atoms with Crippen LogP contribution in [0.4, 0.5) is 0 Å². The Morgan fingerprint density at radius 2 is 1.59 bits per heavy atom. The Hall–Kier alpha value is -0.860. The molecule has 0 aromatic rings. The summed E-state index contributed by atoms with van der Waals surface area (Å²) >= 11 is 0. The minimum atomic E-state index is -0.109. The van der Waals surface area contributed by atoms with Crippen LogP contribution in [0.1, 0.15) is 112 Å². The number of ketones is 1. The fraction of sp³-hybridized carbons (Fsp3) is 0.931. The summed E-state index contributed by atoms with van der Waals surface area (Å²) in [6.07, 6.45) is 13.6. The van der Waals surface area contributed by atoms with Gasteiger partial charge < -0.3 is 4.74 Å². The minimum absolute atomic E-state index is 0.109. The van der Waals surface area contributed by atoms with Gasteiger partial charge in [0.2, 0.25) is 0 Å². The van der Waals surface area contributed by atoms with E-state index in [9.17, 15) is 9.59 Å². The van der Waals surface area contributed by atoms with Gasteiger partial charge in [-0.2, -0.15) is 0 Å². The molecule has 0 aliphatic heterocycles. The fourth-order valence-electron chi connectivity index (χ4n) is 9.40. The molecule has 0 aromatic carbocycles. The molecule has 3 nitrogen and oxygen atoms in total. The van der Waals surface area contributed by atoms with Crippen LogP contribution in [0.3, 0.4) is 0 Å². The lowest BCUT2D eigenvalue weighted by Gasteiger charge is -2.61. The van der Waals surface area contributed by atoms with Crippen molar-refractivity contribution in [2.45, 2.75) is 118 Å². The van der Waals surface area contributed by atoms with E-state index in [0.29, 0.717) is 22.5 Å². The molecule has 4 rings (SSSR count). The molecule has 0 saturated heterocycles. The van der Waals surface area contributed by atoms with Crippen molar-refractivity contribution in [1.82, 2.24) is 0 Å². The van der Waals surface area contributed by atoms with Crippen LogP contribution < -0.4 is 0 Å². The van der Waals surface area contributed by atoms with Crippen molar-refractivity contribution < 1.29 is 14.3 Å². The van der Waals surface area contributed by atoms with Crippen molar-refractivity contribution >= 4 is 11.8 Å². The predicted molar refractivity (Wildman–Crippen MR) is 129 cm³/mol. The highest BCUT2D eigenvalue weighted by Gasteiger charge is 2.60. The van der Waals surface area contributed by atoms with Crippen LogP contribution in [0.5, 0.6) is 0 Å². The first-order valence-electron chi connectivity index (χ1n) is 13.8. The van der Waals surface area contributed by atoms with E-state index in [0.717, 1.165) is 55.3 Å². The first kappa shape index (κ1) is 24.3. The van der Waals surface area contributed by atoms with Crippen molar-refractivity contribution in [3.05, 3.63) is 0 Å². The quantitative estimate of drug-likeness (QED) is 0.406. The lowest BCUT2D eigenvalue weighted by molar-refractivity contribution is -0.160. The molecule has 0 aromatic heterocycles. The van der Waals surface area contributed by atoms with Crippen LogP contribution in [0.2, 0.25) is 0 Å². The largest absolute Gasteiger partial charge is 0.463 e. The van der Waals surface area contributed by atoms with Crippen LogP contribution in [-0.2, 0) is 14.3 Å². The van der Waals surface area contributed by atoms with E-state index < -0.39 is 0 Å². The summed E-state index contributed by atoms with van der Waals surface area (Å²) < 4.78 is 5.64. The Morgan fingerprint density at radius 3 is 2.28 bits per heavy atom. The number of hydrogen-bond acceptors (Lipinski definition) is 3. The van der Waals surface area contributed by atoms with E-state index in [1.807, 2.05) is 13.8 Å². The predicted octanol–water partition coefficient (Wildman–Crippen LogP) is 7.22. The molecule has 4 saturated carbocycles.